The van der Waals surface area contributed by atoms with Gasteiger partial charge in [-0.3, -0.25) is 4.79 Å². The summed E-state index contributed by atoms with van der Waals surface area (Å²) in [5.41, 5.74) is 2.62. The van der Waals surface area contributed by atoms with Crippen LogP contribution >= 0.6 is 0 Å². The SMILES string of the molecule is CC(=O)Nc1ccc2c(c1)[C@H]1C=CC[C@H]1[C@H](C(=O)O)N2. The molecule has 104 valence electrons. The molecule has 1 aliphatic heterocycles. The van der Waals surface area contributed by atoms with Crippen molar-refractivity contribution in [2.45, 2.75) is 25.3 Å². The van der Waals surface area contributed by atoms with Crippen LogP contribution in [0.25, 0.3) is 0 Å². The second-order valence-electron chi connectivity index (χ2n) is 5.30. The van der Waals surface area contributed by atoms with Crippen molar-refractivity contribution in [1.29, 1.82) is 0 Å². The van der Waals surface area contributed by atoms with E-state index < -0.39 is 12.0 Å². The lowest BCUT2D eigenvalue weighted by atomic mass is 9.79. The number of rotatable bonds is 2. The monoisotopic (exact) mass is 272 g/mol. The van der Waals surface area contributed by atoms with Crippen molar-refractivity contribution in [3.8, 4) is 0 Å². The molecule has 1 aromatic carbocycles. The molecule has 1 amide bonds. The van der Waals surface area contributed by atoms with E-state index in [0.29, 0.717) is 0 Å². The molecule has 1 aliphatic carbocycles. The van der Waals surface area contributed by atoms with Crippen LogP contribution in [0.15, 0.2) is 30.4 Å². The second kappa shape index (κ2) is 4.67. The zero-order chi connectivity index (χ0) is 14.3. The Hall–Kier alpha value is -2.30. The maximum atomic E-state index is 11.4. The molecule has 0 aromatic heterocycles. The molecule has 3 rings (SSSR count). The summed E-state index contributed by atoms with van der Waals surface area (Å²) in [6.07, 6.45) is 4.86. The molecule has 1 heterocycles. The quantitative estimate of drug-likeness (QED) is 0.721. The lowest BCUT2D eigenvalue weighted by molar-refractivity contribution is -0.139. The predicted octanol–water partition coefficient (Wildman–Crippen LogP) is 2.18. The zero-order valence-corrected chi connectivity index (χ0v) is 11.1. The van der Waals surface area contributed by atoms with Crippen LogP contribution in [-0.2, 0) is 9.59 Å². The van der Waals surface area contributed by atoms with Crippen LogP contribution in [0.2, 0.25) is 0 Å². The first-order chi connectivity index (χ1) is 9.56. The number of carboxylic acid groups (broad SMARTS) is 1. The van der Waals surface area contributed by atoms with Gasteiger partial charge in [-0.2, -0.15) is 0 Å². The van der Waals surface area contributed by atoms with Crippen molar-refractivity contribution in [2.75, 3.05) is 10.6 Å². The standard InChI is InChI=1S/C15H16N2O3/c1-8(18)16-9-5-6-13-12(7-9)10-3-2-4-11(10)14(17-13)15(19)20/h2-3,5-7,10-11,14,17H,4H2,1H3,(H,16,18)(H,19,20)/t10-,11+,14+/m0/s1. The van der Waals surface area contributed by atoms with E-state index in [4.69, 9.17) is 0 Å². The van der Waals surface area contributed by atoms with E-state index in [1.54, 1.807) is 6.07 Å². The lowest BCUT2D eigenvalue weighted by Crippen LogP contribution is -2.41. The smallest absolute Gasteiger partial charge is 0.326 e. The third-order valence-electron chi connectivity index (χ3n) is 3.95. The largest absolute Gasteiger partial charge is 0.480 e. The van der Waals surface area contributed by atoms with Gasteiger partial charge in [0.25, 0.3) is 0 Å². The Morgan fingerprint density at radius 2 is 2.20 bits per heavy atom. The van der Waals surface area contributed by atoms with Crippen molar-refractivity contribution >= 4 is 23.3 Å². The van der Waals surface area contributed by atoms with E-state index in [1.807, 2.05) is 18.2 Å². The van der Waals surface area contributed by atoms with Gasteiger partial charge in [0.2, 0.25) is 5.91 Å². The topological polar surface area (TPSA) is 78.4 Å². The van der Waals surface area contributed by atoms with Crippen LogP contribution < -0.4 is 10.6 Å². The Balaban J connectivity index is 2.00. The van der Waals surface area contributed by atoms with Crippen molar-refractivity contribution in [3.05, 3.63) is 35.9 Å². The fourth-order valence-electron chi connectivity index (χ4n) is 3.12. The van der Waals surface area contributed by atoms with Crippen LogP contribution in [0.5, 0.6) is 0 Å². The first kappa shape index (κ1) is 12.7. The molecular weight excluding hydrogens is 256 g/mol. The van der Waals surface area contributed by atoms with Crippen LogP contribution in [0.3, 0.4) is 0 Å². The first-order valence-electron chi connectivity index (χ1n) is 6.64. The fourth-order valence-corrected chi connectivity index (χ4v) is 3.12. The highest BCUT2D eigenvalue weighted by atomic mass is 16.4. The van der Waals surface area contributed by atoms with Gasteiger partial charge in [0, 0.05) is 30.1 Å². The molecule has 2 aliphatic rings. The average Bonchev–Trinajstić information content (AvgIpc) is 2.86. The molecule has 0 saturated heterocycles. The molecular formula is C15H16N2O3. The number of aliphatic carboxylic acids is 1. The summed E-state index contributed by atoms with van der Waals surface area (Å²) in [5, 5.41) is 15.2. The molecule has 1 aromatic rings. The number of hydrogen-bond donors (Lipinski definition) is 3. The molecule has 3 atom stereocenters. The number of benzene rings is 1. The zero-order valence-electron chi connectivity index (χ0n) is 11.1. The number of carbonyl (C=O) groups is 2. The number of allylic oxidation sites excluding steroid dienone is 2. The first-order valence-corrected chi connectivity index (χ1v) is 6.64. The summed E-state index contributed by atoms with van der Waals surface area (Å²) in [4.78, 5) is 22.5. The van der Waals surface area contributed by atoms with Gasteiger partial charge in [0.05, 0.1) is 0 Å². The Labute approximate surface area is 116 Å². The van der Waals surface area contributed by atoms with E-state index in [1.165, 1.54) is 6.92 Å². The Kier molecular flexibility index (Phi) is 2.97. The molecule has 0 saturated carbocycles. The van der Waals surface area contributed by atoms with Crippen LogP contribution in [0.1, 0.15) is 24.8 Å². The highest BCUT2D eigenvalue weighted by molar-refractivity contribution is 5.89. The maximum absolute atomic E-state index is 11.4. The Morgan fingerprint density at radius 1 is 1.40 bits per heavy atom. The number of amides is 1. The third-order valence-corrected chi connectivity index (χ3v) is 3.95. The van der Waals surface area contributed by atoms with Gasteiger partial charge in [-0.05, 0) is 30.2 Å². The number of nitrogens with one attached hydrogen (secondary N) is 2. The average molecular weight is 272 g/mol. The summed E-state index contributed by atoms with van der Waals surface area (Å²) < 4.78 is 0. The maximum Gasteiger partial charge on any atom is 0.326 e. The summed E-state index contributed by atoms with van der Waals surface area (Å²) in [6, 6.07) is 4.98. The molecule has 20 heavy (non-hydrogen) atoms. The number of fused-ring (bicyclic) bond motifs is 3. The fraction of sp³-hybridized carbons (Fsp3) is 0.333. The minimum Gasteiger partial charge on any atom is -0.480 e. The molecule has 5 heteroatoms. The Bertz CT molecular complexity index is 609. The minimum absolute atomic E-state index is 0.0348. The van der Waals surface area contributed by atoms with E-state index >= 15 is 0 Å². The van der Waals surface area contributed by atoms with Crippen molar-refractivity contribution < 1.29 is 14.7 Å². The van der Waals surface area contributed by atoms with E-state index in [2.05, 4.69) is 16.7 Å². The van der Waals surface area contributed by atoms with Crippen molar-refractivity contribution in [3.63, 3.8) is 0 Å². The minimum atomic E-state index is -0.819. The lowest BCUT2D eigenvalue weighted by Gasteiger charge is -2.34. The Morgan fingerprint density at radius 3 is 2.90 bits per heavy atom. The highest BCUT2D eigenvalue weighted by Gasteiger charge is 2.40. The predicted molar refractivity (Wildman–Crippen MR) is 75.8 cm³/mol. The van der Waals surface area contributed by atoms with Gasteiger partial charge in [-0.25, -0.2) is 4.79 Å². The summed E-state index contributed by atoms with van der Waals surface area (Å²) >= 11 is 0. The molecule has 5 nitrogen and oxygen atoms in total. The summed E-state index contributed by atoms with van der Waals surface area (Å²) in [7, 11) is 0. The normalized spacial score (nSPS) is 26.4. The van der Waals surface area contributed by atoms with Gasteiger partial charge in [0.15, 0.2) is 0 Å². The third kappa shape index (κ3) is 2.05. The molecule has 3 N–H and O–H groups in total. The summed E-state index contributed by atoms with van der Waals surface area (Å²) in [5.74, 6) is -0.801. The van der Waals surface area contributed by atoms with Gasteiger partial charge in [0.1, 0.15) is 6.04 Å². The molecule has 0 unspecified atom stereocenters. The molecule has 0 fully saturated rings. The second-order valence-corrected chi connectivity index (χ2v) is 5.30. The molecule has 0 radical (unpaired) electrons. The van der Waals surface area contributed by atoms with Crippen molar-refractivity contribution in [1.82, 2.24) is 0 Å². The van der Waals surface area contributed by atoms with Gasteiger partial charge >= 0.3 is 5.97 Å². The number of anilines is 2. The number of carboxylic acids is 1. The van der Waals surface area contributed by atoms with E-state index in [9.17, 15) is 14.7 Å². The van der Waals surface area contributed by atoms with Crippen LogP contribution in [0, 0.1) is 5.92 Å². The van der Waals surface area contributed by atoms with Crippen LogP contribution in [-0.4, -0.2) is 23.0 Å². The van der Waals surface area contributed by atoms with Crippen molar-refractivity contribution in [2.24, 2.45) is 5.92 Å². The highest BCUT2D eigenvalue weighted by Crippen LogP contribution is 2.45. The molecule has 0 bridgehead atoms. The van der Waals surface area contributed by atoms with E-state index in [0.717, 1.165) is 23.4 Å². The number of hydrogen-bond acceptors (Lipinski definition) is 3. The van der Waals surface area contributed by atoms with Gasteiger partial charge < -0.3 is 15.7 Å². The van der Waals surface area contributed by atoms with Gasteiger partial charge in [-0.1, -0.05) is 12.2 Å². The number of carbonyl (C=O) groups excluding carboxylic acids is 1. The van der Waals surface area contributed by atoms with E-state index in [-0.39, 0.29) is 17.7 Å². The van der Waals surface area contributed by atoms with Gasteiger partial charge in [-0.15, -0.1) is 0 Å². The molecule has 0 spiro atoms. The van der Waals surface area contributed by atoms with Crippen LogP contribution in [0.4, 0.5) is 11.4 Å². The summed E-state index contributed by atoms with van der Waals surface area (Å²) in [6.45, 7) is 1.47.